The van der Waals surface area contributed by atoms with Crippen molar-refractivity contribution < 1.29 is 9.53 Å². The van der Waals surface area contributed by atoms with Crippen molar-refractivity contribution in [3.63, 3.8) is 0 Å². The molecule has 23 heavy (non-hydrogen) atoms. The molecule has 0 unspecified atom stereocenters. The zero-order valence-corrected chi connectivity index (χ0v) is 14.7. The molecule has 1 saturated heterocycles. The van der Waals surface area contributed by atoms with Crippen molar-refractivity contribution in [3.8, 4) is 5.75 Å². The first kappa shape index (κ1) is 17.8. The molecule has 1 aliphatic rings. The summed E-state index contributed by atoms with van der Waals surface area (Å²) in [5, 5.41) is 6.41. The van der Waals surface area contributed by atoms with Crippen LogP contribution in [0.5, 0.6) is 5.75 Å². The van der Waals surface area contributed by atoms with E-state index >= 15 is 0 Å². The van der Waals surface area contributed by atoms with Gasteiger partial charge in [0.2, 0.25) is 5.91 Å². The van der Waals surface area contributed by atoms with Crippen molar-refractivity contribution in [1.82, 2.24) is 10.6 Å². The van der Waals surface area contributed by atoms with E-state index in [0.29, 0.717) is 18.9 Å². The second-order valence-electron chi connectivity index (χ2n) is 7.16. The number of carbonyl (C=O) groups is 1. The Balaban J connectivity index is 1.66. The van der Waals surface area contributed by atoms with E-state index in [2.05, 4.69) is 43.5 Å². The number of amides is 1. The highest BCUT2D eigenvalue weighted by Crippen LogP contribution is 2.26. The number of carbonyl (C=O) groups excluding carboxylic acids is 1. The summed E-state index contributed by atoms with van der Waals surface area (Å²) in [6.07, 6.45) is 2.64. The van der Waals surface area contributed by atoms with Gasteiger partial charge in [0, 0.05) is 6.54 Å². The summed E-state index contributed by atoms with van der Waals surface area (Å²) >= 11 is 0. The van der Waals surface area contributed by atoms with E-state index in [4.69, 9.17) is 4.74 Å². The Kier molecular flexibility index (Phi) is 6.46. The van der Waals surface area contributed by atoms with Gasteiger partial charge in [0.1, 0.15) is 5.75 Å². The lowest BCUT2D eigenvalue weighted by Crippen LogP contribution is -2.43. The van der Waals surface area contributed by atoms with Gasteiger partial charge >= 0.3 is 0 Å². The molecule has 0 spiro atoms. The summed E-state index contributed by atoms with van der Waals surface area (Å²) in [6.45, 7) is 9.86. The second-order valence-corrected chi connectivity index (χ2v) is 7.16. The van der Waals surface area contributed by atoms with Crippen LogP contribution in [0.2, 0.25) is 0 Å². The van der Waals surface area contributed by atoms with Crippen LogP contribution in [-0.2, 0) is 4.79 Å². The molecule has 1 aliphatic heterocycles. The van der Waals surface area contributed by atoms with Crippen LogP contribution in [0, 0.1) is 5.41 Å². The smallest absolute Gasteiger partial charge is 0.223 e. The molecule has 0 atom stereocenters. The van der Waals surface area contributed by atoms with Gasteiger partial charge in [-0.3, -0.25) is 4.79 Å². The fourth-order valence-electron chi connectivity index (χ4n) is 2.82. The minimum atomic E-state index is 0.0727. The monoisotopic (exact) mass is 318 g/mol. The van der Waals surface area contributed by atoms with Crippen LogP contribution >= 0.6 is 0 Å². The Morgan fingerprint density at radius 1 is 1.26 bits per heavy atom. The first-order valence-electron chi connectivity index (χ1n) is 8.69. The number of ether oxygens (including phenoxy) is 1. The third-order valence-electron chi connectivity index (χ3n) is 4.67. The molecule has 0 radical (unpaired) electrons. The van der Waals surface area contributed by atoms with Crippen LogP contribution in [-0.4, -0.2) is 32.1 Å². The molecule has 0 aliphatic carbocycles. The number of hydrogen-bond acceptors (Lipinski definition) is 3. The average Bonchev–Trinajstić information content (AvgIpc) is 2.54. The van der Waals surface area contributed by atoms with Crippen molar-refractivity contribution in [1.29, 1.82) is 0 Å². The highest BCUT2D eigenvalue weighted by atomic mass is 16.5. The maximum atomic E-state index is 12.0. The Morgan fingerprint density at radius 3 is 2.52 bits per heavy atom. The van der Waals surface area contributed by atoms with Gasteiger partial charge in [-0.2, -0.15) is 0 Å². The topological polar surface area (TPSA) is 50.4 Å². The van der Waals surface area contributed by atoms with Gasteiger partial charge < -0.3 is 15.4 Å². The molecular formula is C19H30N2O2. The molecule has 128 valence electrons. The molecule has 1 fully saturated rings. The molecule has 0 aromatic heterocycles. The number of hydrogen-bond donors (Lipinski definition) is 2. The van der Waals surface area contributed by atoms with Crippen LogP contribution in [0.25, 0.3) is 0 Å². The van der Waals surface area contributed by atoms with Gasteiger partial charge in [0.25, 0.3) is 0 Å². The van der Waals surface area contributed by atoms with E-state index in [0.717, 1.165) is 38.2 Å². The van der Waals surface area contributed by atoms with E-state index < -0.39 is 0 Å². The van der Waals surface area contributed by atoms with E-state index in [9.17, 15) is 4.79 Å². The summed E-state index contributed by atoms with van der Waals surface area (Å²) in [5.41, 5.74) is 1.53. The lowest BCUT2D eigenvalue weighted by molar-refractivity contribution is -0.122. The fourth-order valence-corrected chi connectivity index (χ4v) is 2.82. The zero-order valence-electron chi connectivity index (χ0n) is 14.7. The summed E-state index contributed by atoms with van der Waals surface area (Å²) in [6, 6.07) is 8.11. The van der Waals surface area contributed by atoms with Crippen molar-refractivity contribution in [2.24, 2.45) is 5.41 Å². The quantitative estimate of drug-likeness (QED) is 0.812. The predicted octanol–water partition coefficient (Wildman–Crippen LogP) is 3.08. The number of nitrogens with one attached hydrogen (secondary N) is 2. The van der Waals surface area contributed by atoms with Gasteiger partial charge in [-0.25, -0.2) is 0 Å². The Morgan fingerprint density at radius 2 is 1.91 bits per heavy atom. The normalized spacial score (nSPS) is 17.0. The van der Waals surface area contributed by atoms with Crippen LogP contribution in [0.15, 0.2) is 24.3 Å². The SMILES string of the molecule is CC(C)c1ccc(OCCC(=O)NCC2(C)CCNCC2)cc1. The van der Waals surface area contributed by atoms with Crippen molar-refractivity contribution >= 4 is 5.91 Å². The Hall–Kier alpha value is -1.55. The summed E-state index contributed by atoms with van der Waals surface area (Å²) in [7, 11) is 0. The highest BCUT2D eigenvalue weighted by molar-refractivity contribution is 5.76. The second kappa shape index (κ2) is 8.34. The average molecular weight is 318 g/mol. The highest BCUT2D eigenvalue weighted by Gasteiger charge is 2.26. The largest absolute Gasteiger partial charge is 0.493 e. The number of rotatable bonds is 7. The molecule has 0 saturated carbocycles. The minimum Gasteiger partial charge on any atom is -0.493 e. The lowest BCUT2D eigenvalue weighted by Gasteiger charge is -2.34. The van der Waals surface area contributed by atoms with Crippen LogP contribution < -0.4 is 15.4 Å². The molecule has 1 aromatic rings. The molecule has 1 heterocycles. The molecule has 2 N–H and O–H groups in total. The van der Waals surface area contributed by atoms with E-state index in [-0.39, 0.29) is 11.3 Å². The summed E-state index contributed by atoms with van der Waals surface area (Å²) in [5.74, 6) is 1.42. The van der Waals surface area contributed by atoms with E-state index in [1.165, 1.54) is 5.56 Å². The van der Waals surface area contributed by atoms with E-state index in [1.54, 1.807) is 0 Å². The Labute approximate surface area is 140 Å². The van der Waals surface area contributed by atoms with Crippen LogP contribution in [0.3, 0.4) is 0 Å². The number of benzene rings is 1. The molecule has 4 nitrogen and oxygen atoms in total. The van der Waals surface area contributed by atoms with Gasteiger partial charge in [0.15, 0.2) is 0 Å². The van der Waals surface area contributed by atoms with Crippen molar-refractivity contribution in [2.45, 2.75) is 46.0 Å². The van der Waals surface area contributed by atoms with E-state index in [1.807, 2.05) is 12.1 Å². The van der Waals surface area contributed by atoms with Crippen LogP contribution in [0.4, 0.5) is 0 Å². The first-order chi connectivity index (χ1) is 11.0. The molecule has 0 bridgehead atoms. The third kappa shape index (κ3) is 5.87. The molecule has 1 amide bonds. The van der Waals surface area contributed by atoms with Crippen LogP contribution in [0.1, 0.15) is 51.5 Å². The maximum Gasteiger partial charge on any atom is 0.223 e. The molecule has 1 aromatic carbocycles. The first-order valence-corrected chi connectivity index (χ1v) is 8.69. The Bertz CT molecular complexity index is 491. The molecule has 2 rings (SSSR count). The lowest BCUT2D eigenvalue weighted by atomic mass is 9.81. The van der Waals surface area contributed by atoms with Crippen molar-refractivity contribution in [3.05, 3.63) is 29.8 Å². The fraction of sp³-hybridized carbons (Fsp3) is 0.632. The number of piperidine rings is 1. The summed E-state index contributed by atoms with van der Waals surface area (Å²) in [4.78, 5) is 12.0. The predicted molar refractivity (Wildman–Crippen MR) is 93.9 cm³/mol. The third-order valence-corrected chi connectivity index (χ3v) is 4.67. The maximum absolute atomic E-state index is 12.0. The van der Waals surface area contributed by atoms with Gasteiger partial charge in [-0.1, -0.05) is 32.9 Å². The van der Waals surface area contributed by atoms with Crippen molar-refractivity contribution in [2.75, 3.05) is 26.2 Å². The molecular weight excluding hydrogens is 288 g/mol. The summed E-state index contributed by atoms with van der Waals surface area (Å²) < 4.78 is 5.66. The molecule has 4 heteroatoms. The van der Waals surface area contributed by atoms with Gasteiger partial charge in [0.05, 0.1) is 13.0 Å². The van der Waals surface area contributed by atoms with Gasteiger partial charge in [-0.05, 0) is 55.0 Å². The standard InChI is InChI=1S/C19H30N2O2/c1-15(2)16-4-6-17(7-5-16)23-13-8-18(22)21-14-19(3)9-11-20-12-10-19/h4-7,15,20H,8-14H2,1-3H3,(H,21,22). The minimum absolute atomic E-state index is 0.0727. The zero-order chi connectivity index (χ0) is 16.7. The van der Waals surface area contributed by atoms with Gasteiger partial charge in [-0.15, -0.1) is 0 Å².